The molecule has 0 bridgehead atoms. The monoisotopic (exact) mass is 269 g/mol. The molecule has 1 fully saturated rings. The molecule has 2 rings (SSSR count). The molecule has 98 valence electrons. The van der Waals surface area contributed by atoms with Gasteiger partial charge < -0.3 is 10.4 Å². The van der Waals surface area contributed by atoms with Crippen molar-refractivity contribution in [3.8, 4) is 0 Å². The number of nitrogens with one attached hydrogen (secondary N) is 1. The minimum Gasteiger partial charge on any atom is -0.481 e. The second-order valence-corrected chi connectivity index (χ2v) is 5.40. The molecule has 1 saturated heterocycles. The fourth-order valence-corrected chi connectivity index (χ4v) is 2.71. The first kappa shape index (κ1) is 13.0. The number of rotatable bonds is 4. The Kier molecular flexibility index (Phi) is 3.93. The number of nitrogens with zero attached hydrogens (tertiary/aromatic N) is 2. The maximum absolute atomic E-state index is 11.7. The molecule has 18 heavy (non-hydrogen) atoms. The smallest absolute Gasteiger partial charge is 0.308 e. The van der Waals surface area contributed by atoms with Gasteiger partial charge in [-0.2, -0.15) is 0 Å². The third-order valence-corrected chi connectivity index (χ3v) is 3.74. The molecule has 0 aliphatic carbocycles. The molecule has 1 aromatic heterocycles. The summed E-state index contributed by atoms with van der Waals surface area (Å²) < 4.78 is 0. The predicted octanol–water partition coefficient (Wildman–Crippen LogP) is 0.734. The van der Waals surface area contributed by atoms with Crippen molar-refractivity contribution in [1.29, 1.82) is 0 Å². The van der Waals surface area contributed by atoms with E-state index in [0.29, 0.717) is 18.2 Å². The Bertz CT molecular complexity index is 435. The zero-order chi connectivity index (χ0) is 13.1. The van der Waals surface area contributed by atoms with Gasteiger partial charge >= 0.3 is 5.97 Å². The summed E-state index contributed by atoms with van der Waals surface area (Å²) in [6.07, 6.45) is 1.62. The van der Waals surface area contributed by atoms with E-state index < -0.39 is 5.97 Å². The zero-order valence-electron chi connectivity index (χ0n) is 10.00. The summed E-state index contributed by atoms with van der Waals surface area (Å²) in [5.74, 6) is -1.23. The summed E-state index contributed by atoms with van der Waals surface area (Å²) in [6.45, 7) is 3.19. The maximum atomic E-state index is 11.7. The van der Waals surface area contributed by atoms with Crippen molar-refractivity contribution in [2.75, 3.05) is 25.0 Å². The molecule has 1 aliphatic heterocycles. The molecular formula is C11H15N3O3S. The van der Waals surface area contributed by atoms with Gasteiger partial charge in [0.05, 0.1) is 12.5 Å². The summed E-state index contributed by atoms with van der Waals surface area (Å²) in [5.41, 5.74) is 0. The van der Waals surface area contributed by atoms with Crippen molar-refractivity contribution < 1.29 is 14.7 Å². The number of anilines is 1. The molecular weight excluding hydrogens is 254 g/mol. The number of carbonyl (C=O) groups excluding carboxylic acids is 1. The van der Waals surface area contributed by atoms with Crippen molar-refractivity contribution in [3.63, 3.8) is 0 Å². The highest BCUT2D eigenvalue weighted by Gasteiger charge is 2.35. The average Bonchev–Trinajstić information content (AvgIpc) is 2.88. The van der Waals surface area contributed by atoms with Crippen LogP contribution in [0.1, 0.15) is 6.92 Å². The standard InChI is InChI=1S/C11H15N3O3S/c1-7-4-14(5-8(7)10(16)17)6-9(15)13-11-12-2-3-18-11/h2-3,7-8H,4-6H2,1H3,(H,16,17)(H,12,13,15). The van der Waals surface area contributed by atoms with E-state index in [0.717, 1.165) is 0 Å². The second-order valence-electron chi connectivity index (χ2n) is 4.50. The molecule has 0 aromatic carbocycles. The van der Waals surface area contributed by atoms with Crippen LogP contribution < -0.4 is 5.32 Å². The van der Waals surface area contributed by atoms with Crippen molar-refractivity contribution in [2.24, 2.45) is 11.8 Å². The molecule has 1 aromatic rings. The number of thiazole rings is 1. The summed E-state index contributed by atoms with van der Waals surface area (Å²) in [4.78, 5) is 28.5. The van der Waals surface area contributed by atoms with Crippen LogP contribution in [-0.4, -0.2) is 46.5 Å². The van der Waals surface area contributed by atoms with Gasteiger partial charge in [0.25, 0.3) is 0 Å². The molecule has 2 N–H and O–H groups in total. The quantitative estimate of drug-likeness (QED) is 0.842. The van der Waals surface area contributed by atoms with Gasteiger partial charge in [-0.25, -0.2) is 4.98 Å². The number of hydrogen-bond acceptors (Lipinski definition) is 5. The fourth-order valence-electron chi connectivity index (χ4n) is 2.16. The van der Waals surface area contributed by atoms with Gasteiger partial charge in [0.1, 0.15) is 0 Å². The Morgan fingerprint density at radius 3 is 2.94 bits per heavy atom. The molecule has 6 nitrogen and oxygen atoms in total. The molecule has 0 radical (unpaired) electrons. The summed E-state index contributed by atoms with van der Waals surface area (Å²) in [7, 11) is 0. The number of carboxylic acid groups (broad SMARTS) is 1. The second kappa shape index (κ2) is 5.45. The minimum atomic E-state index is -0.787. The lowest BCUT2D eigenvalue weighted by Crippen LogP contribution is -2.32. The van der Waals surface area contributed by atoms with Crippen LogP contribution in [0.25, 0.3) is 0 Å². The van der Waals surface area contributed by atoms with Crippen molar-refractivity contribution in [1.82, 2.24) is 9.88 Å². The normalized spacial score (nSPS) is 24.1. The number of carboxylic acids is 1. The molecule has 2 unspecified atom stereocenters. The van der Waals surface area contributed by atoms with Crippen molar-refractivity contribution in [3.05, 3.63) is 11.6 Å². The number of likely N-dealkylation sites (tertiary alicyclic amines) is 1. The lowest BCUT2D eigenvalue weighted by atomic mass is 9.99. The van der Waals surface area contributed by atoms with Crippen LogP contribution in [0, 0.1) is 11.8 Å². The first-order valence-electron chi connectivity index (χ1n) is 5.70. The van der Waals surface area contributed by atoms with Gasteiger partial charge in [-0.1, -0.05) is 6.92 Å². The average molecular weight is 269 g/mol. The first-order chi connectivity index (χ1) is 8.56. The predicted molar refractivity (Wildman–Crippen MR) is 67.5 cm³/mol. The van der Waals surface area contributed by atoms with Crippen LogP contribution in [0.4, 0.5) is 5.13 Å². The fraction of sp³-hybridized carbons (Fsp3) is 0.545. The van der Waals surface area contributed by atoms with Gasteiger partial charge in [0.15, 0.2) is 5.13 Å². The highest BCUT2D eigenvalue weighted by molar-refractivity contribution is 7.13. The van der Waals surface area contributed by atoms with E-state index in [9.17, 15) is 9.59 Å². The number of carbonyl (C=O) groups is 2. The van der Waals surface area contributed by atoms with Gasteiger partial charge in [-0.05, 0) is 5.92 Å². The Balaban J connectivity index is 1.84. The van der Waals surface area contributed by atoms with E-state index in [1.807, 2.05) is 11.8 Å². The summed E-state index contributed by atoms with van der Waals surface area (Å²) in [5, 5.41) is 14.1. The molecule has 0 spiro atoms. The highest BCUT2D eigenvalue weighted by Crippen LogP contribution is 2.22. The molecule has 7 heteroatoms. The Morgan fingerprint density at radius 1 is 1.61 bits per heavy atom. The lowest BCUT2D eigenvalue weighted by molar-refractivity contribution is -0.142. The third kappa shape index (κ3) is 3.05. The van der Waals surface area contributed by atoms with Crippen LogP contribution in [0.5, 0.6) is 0 Å². The Hall–Kier alpha value is -1.47. The largest absolute Gasteiger partial charge is 0.481 e. The summed E-state index contributed by atoms with van der Waals surface area (Å²) in [6, 6.07) is 0. The van der Waals surface area contributed by atoms with E-state index in [1.54, 1.807) is 11.6 Å². The van der Waals surface area contributed by atoms with Gasteiger partial charge in [0.2, 0.25) is 5.91 Å². The first-order valence-corrected chi connectivity index (χ1v) is 6.58. The molecule has 2 heterocycles. The van der Waals surface area contributed by atoms with Crippen LogP contribution in [0.2, 0.25) is 0 Å². The van der Waals surface area contributed by atoms with E-state index in [1.165, 1.54) is 11.3 Å². The van der Waals surface area contributed by atoms with E-state index in [4.69, 9.17) is 5.11 Å². The van der Waals surface area contributed by atoms with Crippen molar-refractivity contribution in [2.45, 2.75) is 6.92 Å². The topological polar surface area (TPSA) is 82.5 Å². The Morgan fingerprint density at radius 2 is 2.39 bits per heavy atom. The Labute approximate surface area is 109 Å². The molecule has 2 atom stereocenters. The number of amides is 1. The maximum Gasteiger partial charge on any atom is 0.308 e. The van der Waals surface area contributed by atoms with Crippen LogP contribution in [0.15, 0.2) is 11.6 Å². The number of aromatic nitrogens is 1. The number of hydrogen-bond donors (Lipinski definition) is 2. The van der Waals surface area contributed by atoms with Gasteiger partial charge in [-0.3, -0.25) is 14.5 Å². The van der Waals surface area contributed by atoms with Crippen LogP contribution in [-0.2, 0) is 9.59 Å². The van der Waals surface area contributed by atoms with E-state index in [-0.39, 0.29) is 24.3 Å². The van der Waals surface area contributed by atoms with Crippen molar-refractivity contribution >= 4 is 28.3 Å². The van der Waals surface area contributed by atoms with E-state index in [2.05, 4.69) is 10.3 Å². The van der Waals surface area contributed by atoms with Crippen LogP contribution >= 0.6 is 11.3 Å². The van der Waals surface area contributed by atoms with Gasteiger partial charge in [0, 0.05) is 24.7 Å². The zero-order valence-corrected chi connectivity index (χ0v) is 10.8. The molecule has 1 amide bonds. The third-order valence-electron chi connectivity index (χ3n) is 3.05. The highest BCUT2D eigenvalue weighted by atomic mass is 32.1. The SMILES string of the molecule is CC1CN(CC(=O)Nc2nccs2)CC1C(=O)O. The summed E-state index contributed by atoms with van der Waals surface area (Å²) >= 11 is 1.36. The lowest BCUT2D eigenvalue weighted by Gasteiger charge is -2.13. The number of aliphatic carboxylic acids is 1. The molecule has 0 saturated carbocycles. The van der Waals surface area contributed by atoms with E-state index >= 15 is 0 Å². The van der Waals surface area contributed by atoms with Gasteiger partial charge in [-0.15, -0.1) is 11.3 Å². The van der Waals surface area contributed by atoms with Crippen LogP contribution in [0.3, 0.4) is 0 Å². The minimum absolute atomic E-state index is 0.0789. The molecule has 1 aliphatic rings.